The molecule has 1 aromatic carbocycles. The molecule has 0 spiro atoms. The zero-order valence-electron chi connectivity index (χ0n) is 11.5. The molecule has 0 fully saturated rings. The van der Waals surface area contributed by atoms with Crippen molar-refractivity contribution in [3.05, 3.63) is 24.0 Å². The highest BCUT2D eigenvalue weighted by Crippen LogP contribution is 2.25. The topological polar surface area (TPSA) is 87.2 Å². The molecule has 0 heterocycles. The molecule has 0 aromatic heterocycles. The van der Waals surface area contributed by atoms with E-state index in [-0.39, 0.29) is 30.3 Å². The largest absolute Gasteiger partial charge is 0.395 e. The number of halogens is 1. The summed E-state index contributed by atoms with van der Waals surface area (Å²) in [4.78, 5) is -0.254. The summed E-state index contributed by atoms with van der Waals surface area (Å²) in [5, 5.41) is 8.63. The Morgan fingerprint density at radius 1 is 1.45 bits per heavy atom. The number of nitrogens with two attached hydrogens (primary N) is 1. The second-order valence-electron chi connectivity index (χ2n) is 4.82. The lowest BCUT2D eigenvalue weighted by molar-refractivity contribution is 0.373. The molecule has 0 saturated heterocycles. The van der Waals surface area contributed by atoms with Crippen molar-refractivity contribution in [2.45, 2.75) is 25.2 Å². The Labute approximate surface area is 118 Å². The van der Waals surface area contributed by atoms with Crippen LogP contribution >= 0.6 is 0 Å². The number of nitrogen functional groups attached to an aromatic ring is 1. The summed E-state index contributed by atoms with van der Waals surface area (Å²) in [7, 11) is -3.90. The molecule has 0 aliphatic carbocycles. The maximum atomic E-state index is 13.4. The van der Waals surface area contributed by atoms with Crippen molar-refractivity contribution in [3.8, 4) is 6.07 Å². The van der Waals surface area contributed by atoms with E-state index < -0.39 is 21.5 Å². The predicted molar refractivity (Wildman–Crippen MR) is 74.6 cm³/mol. The molecular formula is C13H18FN3O2S. The van der Waals surface area contributed by atoms with Crippen molar-refractivity contribution in [1.29, 1.82) is 5.26 Å². The van der Waals surface area contributed by atoms with E-state index in [0.29, 0.717) is 0 Å². The van der Waals surface area contributed by atoms with Crippen LogP contribution in [-0.2, 0) is 10.0 Å². The monoisotopic (exact) mass is 299 g/mol. The van der Waals surface area contributed by atoms with Gasteiger partial charge in [0.05, 0.1) is 11.8 Å². The lowest BCUT2D eigenvalue weighted by atomic mass is 10.2. The molecule has 7 heteroatoms. The van der Waals surface area contributed by atoms with E-state index in [2.05, 4.69) is 0 Å². The summed E-state index contributed by atoms with van der Waals surface area (Å²) >= 11 is 0. The van der Waals surface area contributed by atoms with Gasteiger partial charge in [0.1, 0.15) is 10.7 Å². The lowest BCUT2D eigenvalue weighted by Gasteiger charge is -2.23. The maximum absolute atomic E-state index is 13.4. The van der Waals surface area contributed by atoms with Gasteiger partial charge in [0, 0.05) is 19.5 Å². The molecule has 20 heavy (non-hydrogen) atoms. The van der Waals surface area contributed by atoms with Gasteiger partial charge in [0.25, 0.3) is 0 Å². The van der Waals surface area contributed by atoms with Gasteiger partial charge >= 0.3 is 0 Å². The van der Waals surface area contributed by atoms with Gasteiger partial charge in [-0.25, -0.2) is 12.8 Å². The predicted octanol–water partition coefficient (Wildman–Crippen LogP) is 1.97. The van der Waals surface area contributed by atoms with Crippen LogP contribution in [0.15, 0.2) is 23.1 Å². The number of nitrogens with zero attached hydrogens (tertiary/aromatic N) is 2. The van der Waals surface area contributed by atoms with Gasteiger partial charge in [0.2, 0.25) is 10.0 Å². The minimum atomic E-state index is -3.90. The van der Waals surface area contributed by atoms with Gasteiger partial charge in [-0.3, -0.25) is 0 Å². The second-order valence-corrected chi connectivity index (χ2v) is 6.72. The van der Waals surface area contributed by atoms with E-state index in [1.807, 2.05) is 19.9 Å². The summed E-state index contributed by atoms with van der Waals surface area (Å²) in [6.45, 7) is 4.04. The Bertz CT molecular complexity index is 609. The molecule has 1 rings (SSSR count). The third-order valence-electron chi connectivity index (χ3n) is 2.67. The minimum Gasteiger partial charge on any atom is -0.395 e. The first-order chi connectivity index (χ1) is 9.30. The van der Waals surface area contributed by atoms with Gasteiger partial charge < -0.3 is 5.73 Å². The van der Waals surface area contributed by atoms with Crippen molar-refractivity contribution < 1.29 is 12.8 Å². The van der Waals surface area contributed by atoms with Crippen molar-refractivity contribution >= 4 is 15.7 Å². The Morgan fingerprint density at radius 3 is 2.65 bits per heavy atom. The van der Waals surface area contributed by atoms with Crippen LogP contribution < -0.4 is 5.73 Å². The first kappa shape index (κ1) is 16.4. The first-order valence-electron chi connectivity index (χ1n) is 6.21. The fourth-order valence-corrected chi connectivity index (χ4v) is 3.50. The number of hydrogen-bond acceptors (Lipinski definition) is 4. The van der Waals surface area contributed by atoms with Crippen molar-refractivity contribution in [2.24, 2.45) is 5.92 Å². The number of sulfonamides is 1. The fourth-order valence-electron chi connectivity index (χ4n) is 1.77. The molecule has 0 bridgehead atoms. The third-order valence-corrected chi connectivity index (χ3v) is 4.60. The highest BCUT2D eigenvalue weighted by molar-refractivity contribution is 7.89. The highest BCUT2D eigenvalue weighted by atomic mass is 32.2. The Kier molecular flexibility index (Phi) is 5.48. The van der Waals surface area contributed by atoms with Crippen LogP contribution in [0.2, 0.25) is 0 Å². The number of para-hydroxylation sites is 1. The van der Waals surface area contributed by atoms with E-state index in [0.717, 1.165) is 6.07 Å². The third kappa shape index (κ3) is 3.68. The molecule has 1 aromatic rings. The minimum absolute atomic E-state index is 0.0625. The van der Waals surface area contributed by atoms with Gasteiger partial charge in [-0.15, -0.1) is 0 Å². The van der Waals surface area contributed by atoms with Gasteiger partial charge in [-0.1, -0.05) is 19.9 Å². The zero-order valence-corrected chi connectivity index (χ0v) is 12.3. The van der Waals surface area contributed by atoms with E-state index in [1.54, 1.807) is 0 Å². The summed E-state index contributed by atoms with van der Waals surface area (Å²) in [6, 6.07) is 5.59. The Balaban J connectivity index is 3.22. The summed E-state index contributed by atoms with van der Waals surface area (Å²) in [5.74, 6) is -0.686. The van der Waals surface area contributed by atoms with Crippen LogP contribution in [0.1, 0.15) is 20.3 Å². The van der Waals surface area contributed by atoms with Crippen LogP contribution in [0, 0.1) is 23.1 Å². The van der Waals surface area contributed by atoms with Crippen LogP contribution in [0.25, 0.3) is 0 Å². The maximum Gasteiger partial charge on any atom is 0.245 e. The lowest BCUT2D eigenvalue weighted by Crippen LogP contribution is -2.35. The van der Waals surface area contributed by atoms with Gasteiger partial charge in [-0.2, -0.15) is 9.57 Å². The molecule has 0 aliphatic rings. The second kappa shape index (κ2) is 6.68. The smallest absolute Gasteiger partial charge is 0.245 e. The number of benzene rings is 1. The average molecular weight is 299 g/mol. The van der Waals surface area contributed by atoms with E-state index in [4.69, 9.17) is 11.0 Å². The molecule has 5 nitrogen and oxygen atoms in total. The van der Waals surface area contributed by atoms with Crippen molar-refractivity contribution in [1.82, 2.24) is 4.31 Å². The normalized spacial score (nSPS) is 11.8. The molecule has 0 amide bonds. The summed E-state index contributed by atoms with van der Waals surface area (Å²) < 4.78 is 39.6. The van der Waals surface area contributed by atoms with Crippen LogP contribution in [0.5, 0.6) is 0 Å². The number of anilines is 1. The van der Waals surface area contributed by atoms with Gasteiger partial charge in [0.15, 0.2) is 0 Å². The molecule has 0 atom stereocenters. The SMILES string of the molecule is CC(C)CN(CCC#N)S(=O)(=O)c1cccc(F)c1N. The standard InChI is InChI=1S/C13H18FN3O2S/c1-10(2)9-17(8-4-7-15)20(18,19)12-6-3-5-11(14)13(12)16/h3,5-6,10H,4,8-9,16H2,1-2H3. The van der Waals surface area contributed by atoms with Crippen LogP contribution in [0.4, 0.5) is 10.1 Å². The van der Waals surface area contributed by atoms with E-state index in [9.17, 15) is 12.8 Å². The fraction of sp³-hybridized carbons (Fsp3) is 0.462. The first-order valence-corrected chi connectivity index (χ1v) is 7.65. The van der Waals surface area contributed by atoms with Crippen molar-refractivity contribution in [3.63, 3.8) is 0 Å². The number of rotatable bonds is 6. The molecular weight excluding hydrogens is 281 g/mol. The molecule has 110 valence electrons. The quantitative estimate of drug-likeness (QED) is 0.813. The van der Waals surface area contributed by atoms with E-state index in [1.165, 1.54) is 16.4 Å². The summed E-state index contributed by atoms with van der Waals surface area (Å²) in [6.07, 6.45) is 0.0706. The van der Waals surface area contributed by atoms with Crippen LogP contribution in [0.3, 0.4) is 0 Å². The number of hydrogen-bond donors (Lipinski definition) is 1. The molecule has 2 N–H and O–H groups in total. The number of nitriles is 1. The Morgan fingerprint density at radius 2 is 2.10 bits per heavy atom. The summed E-state index contributed by atoms with van der Waals surface area (Å²) in [5.41, 5.74) is 5.13. The van der Waals surface area contributed by atoms with E-state index >= 15 is 0 Å². The highest BCUT2D eigenvalue weighted by Gasteiger charge is 2.27. The van der Waals surface area contributed by atoms with Crippen molar-refractivity contribution in [2.75, 3.05) is 18.8 Å². The Hall–Kier alpha value is -1.65. The molecule has 0 saturated carbocycles. The molecule has 0 radical (unpaired) electrons. The van der Waals surface area contributed by atoms with Gasteiger partial charge in [-0.05, 0) is 18.1 Å². The zero-order chi connectivity index (χ0) is 15.3. The van der Waals surface area contributed by atoms with Crippen LogP contribution in [-0.4, -0.2) is 25.8 Å². The average Bonchev–Trinajstić information content (AvgIpc) is 2.37. The molecule has 0 unspecified atom stereocenters. The molecule has 0 aliphatic heterocycles.